The zero-order valence-electron chi connectivity index (χ0n) is 11.3. The van der Waals surface area contributed by atoms with Crippen LogP contribution in [0.3, 0.4) is 0 Å². The van der Waals surface area contributed by atoms with E-state index in [-0.39, 0.29) is 12.6 Å². The van der Waals surface area contributed by atoms with Gasteiger partial charge in [-0.2, -0.15) is 0 Å². The van der Waals surface area contributed by atoms with Gasteiger partial charge in [0.05, 0.1) is 13.7 Å². The zero-order chi connectivity index (χ0) is 13.7. The van der Waals surface area contributed by atoms with Crippen LogP contribution in [-0.2, 0) is 6.61 Å². The second-order valence-corrected chi connectivity index (χ2v) is 4.50. The van der Waals surface area contributed by atoms with Crippen LogP contribution in [-0.4, -0.2) is 12.2 Å². The number of nitrogens with one attached hydrogen (secondary N) is 1. The Morgan fingerprint density at radius 2 is 1.95 bits per heavy atom. The second kappa shape index (κ2) is 6.25. The molecule has 0 aliphatic carbocycles. The summed E-state index contributed by atoms with van der Waals surface area (Å²) in [6, 6.07) is 16.0. The topological polar surface area (TPSA) is 41.5 Å². The third-order valence-electron chi connectivity index (χ3n) is 3.09. The van der Waals surface area contributed by atoms with E-state index in [1.807, 2.05) is 42.5 Å². The van der Waals surface area contributed by atoms with Gasteiger partial charge in [-0.25, -0.2) is 0 Å². The monoisotopic (exact) mass is 257 g/mol. The van der Waals surface area contributed by atoms with Crippen molar-refractivity contribution in [2.24, 2.45) is 0 Å². The summed E-state index contributed by atoms with van der Waals surface area (Å²) in [5, 5.41) is 12.6. The van der Waals surface area contributed by atoms with Crippen molar-refractivity contribution >= 4 is 5.69 Å². The maximum Gasteiger partial charge on any atom is 0.119 e. The Hall–Kier alpha value is -2.00. The van der Waals surface area contributed by atoms with E-state index in [2.05, 4.69) is 18.3 Å². The SMILES string of the molecule is COc1cccc(C(C)Nc2cccc(CO)c2)c1. The van der Waals surface area contributed by atoms with Gasteiger partial charge in [-0.05, 0) is 42.3 Å². The van der Waals surface area contributed by atoms with Crippen molar-refractivity contribution in [2.75, 3.05) is 12.4 Å². The van der Waals surface area contributed by atoms with Crippen LogP contribution >= 0.6 is 0 Å². The third kappa shape index (κ3) is 3.48. The molecule has 0 aliphatic heterocycles. The summed E-state index contributed by atoms with van der Waals surface area (Å²) in [5.74, 6) is 0.857. The van der Waals surface area contributed by atoms with Crippen LogP contribution in [0.5, 0.6) is 5.75 Å². The molecule has 0 saturated carbocycles. The van der Waals surface area contributed by atoms with E-state index in [1.165, 1.54) is 0 Å². The van der Waals surface area contributed by atoms with Gasteiger partial charge in [-0.1, -0.05) is 24.3 Å². The van der Waals surface area contributed by atoms with Gasteiger partial charge in [-0.3, -0.25) is 0 Å². The van der Waals surface area contributed by atoms with Gasteiger partial charge >= 0.3 is 0 Å². The lowest BCUT2D eigenvalue weighted by Crippen LogP contribution is -2.06. The molecule has 0 heterocycles. The molecule has 0 aromatic heterocycles. The summed E-state index contributed by atoms with van der Waals surface area (Å²) in [6.45, 7) is 2.16. The lowest BCUT2D eigenvalue weighted by Gasteiger charge is -2.17. The molecule has 19 heavy (non-hydrogen) atoms. The fourth-order valence-corrected chi connectivity index (χ4v) is 2.00. The Morgan fingerprint density at radius 1 is 1.16 bits per heavy atom. The highest BCUT2D eigenvalue weighted by Gasteiger charge is 2.06. The second-order valence-electron chi connectivity index (χ2n) is 4.50. The Kier molecular flexibility index (Phi) is 4.42. The number of hydrogen-bond acceptors (Lipinski definition) is 3. The molecule has 0 fully saturated rings. The van der Waals surface area contributed by atoms with E-state index in [0.717, 1.165) is 22.6 Å². The summed E-state index contributed by atoms with van der Waals surface area (Å²) in [5.41, 5.74) is 3.07. The third-order valence-corrected chi connectivity index (χ3v) is 3.09. The van der Waals surface area contributed by atoms with Gasteiger partial charge in [0.1, 0.15) is 5.75 Å². The Bertz CT molecular complexity index is 540. The Balaban J connectivity index is 2.13. The zero-order valence-corrected chi connectivity index (χ0v) is 11.3. The van der Waals surface area contributed by atoms with Crippen LogP contribution in [0, 0.1) is 0 Å². The molecule has 0 radical (unpaired) electrons. The molecule has 0 saturated heterocycles. The van der Waals surface area contributed by atoms with E-state index >= 15 is 0 Å². The van der Waals surface area contributed by atoms with Crippen molar-refractivity contribution in [3.05, 3.63) is 59.7 Å². The van der Waals surface area contributed by atoms with Crippen LogP contribution in [0.2, 0.25) is 0 Å². The largest absolute Gasteiger partial charge is 0.497 e. The number of rotatable bonds is 5. The molecule has 0 amide bonds. The van der Waals surface area contributed by atoms with Crippen LogP contribution in [0.15, 0.2) is 48.5 Å². The first kappa shape index (κ1) is 13.4. The number of aliphatic hydroxyl groups excluding tert-OH is 1. The maximum absolute atomic E-state index is 9.14. The summed E-state index contributed by atoms with van der Waals surface area (Å²) < 4.78 is 5.23. The van der Waals surface area contributed by atoms with E-state index in [0.29, 0.717) is 0 Å². The van der Waals surface area contributed by atoms with Crippen molar-refractivity contribution in [1.82, 2.24) is 0 Å². The minimum atomic E-state index is 0.0586. The Labute approximate surface area is 113 Å². The molecule has 100 valence electrons. The van der Waals surface area contributed by atoms with E-state index in [1.54, 1.807) is 7.11 Å². The Morgan fingerprint density at radius 3 is 2.68 bits per heavy atom. The van der Waals surface area contributed by atoms with E-state index < -0.39 is 0 Å². The lowest BCUT2D eigenvalue weighted by atomic mass is 10.1. The molecular formula is C16H19NO2. The van der Waals surface area contributed by atoms with Crippen molar-refractivity contribution in [3.8, 4) is 5.75 Å². The van der Waals surface area contributed by atoms with Gasteiger partial charge in [0, 0.05) is 11.7 Å². The predicted molar refractivity (Wildman–Crippen MR) is 77.4 cm³/mol. The highest BCUT2D eigenvalue weighted by Crippen LogP contribution is 2.23. The molecule has 3 nitrogen and oxygen atoms in total. The van der Waals surface area contributed by atoms with Crippen LogP contribution in [0.1, 0.15) is 24.1 Å². The van der Waals surface area contributed by atoms with Gasteiger partial charge in [-0.15, -0.1) is 0 Å². The molecule has 2 aromatic carbocycles. The summed E-state index contributed by atoms with van der Waals surface area (Å²) >= 11 is 0. The first-order chi connectivity index (χ1) is 9.22. The molecule has 3 heteroatoms. The molecule has 1 unspecified atom stereocenters. The van der Waals surface area contributed by atoms with Gasteiger partial charge in [0.15, 0.2) is 0 Å². The van der Waals surface area contributed by atoms with Crippen molar-refractivity contribution in [3.63, 3.8) is 0 Å². The van der Waals surface area contributed by atoms with E-state index in [9.17, 15) is 0 Å². The van der Waals surface area contributed by atoms with Crippen LogP contribution in [0.25, 0.3) is 0 Å². The maximum atomic E-state index is 9.14. The normalized spacial score (nSPS) is 11.9. The number of hydrogen-bond donors (Lipinski definition) is 2. The minimum Gasteiger partial charge on any atom is -0.497 e. The summed E-state index contributed by atoms with van der Waals surface area (Å²) in [4.78, 5) is 0. The summed E-state index contributed by atoms with van der Waals surface area (Å²) in [7, 11) is 1.67. The lowest BCUT2D eigenvalue weighted by molar-refractivity contribution is 0.282. The first-order valence-electron chi connectivity index (χ1n) is 6.33. The molecule has 2 aromatic rings. The average Bonchev–Trinajstić information content (AvgIpc) is 2.47. The van der Waals surface area contributed by atoms with Gasteiger partial charge in [0.25, 0.3) is 0 Å². The molecular weight excluding hydrogens is 238 g/mol. The molecule has 2 rings (SSSR count). The van der Waals surface area contributed by atoms with Crippen LogP contribution in [0.4, 0.5) is 5.69 Å². The van der Waals surface area contributed by atoms with Crippen molar-refractivity contribution in [1.29, 1.82) is 0 Å². The van der Waals surface area contributed by atoms with Crippen molar-refractivity contribution in [2.45, 2.75) is 19.6 Å². The fourth-order valence-electron chi connectivity index (χ4n) is 2.00. The number of benzene rings is 2. The minimum absolute atomic E-state index is 0.0586. The number of anilines is 1. The average molecular weight is 257 g/mol. The quantitative estimate of drug-likeness (QED) is 0.863. The highest BCUT2D eigenvalue weighted by atomic mass is 16.5. The fraction of sp³-hybridized carbons (Fsp3) is 0.250. The first-order valence-corrected chi connectivity index (χ1v) is 6.33. The number of aliphatic hydroxyl groups is 1. The summed E-state index contributed by atoms with van der Waals surface area (Å²) in [6.07, 6.45) is 0. The molecule has 0 bridgehead atoms. The number of ether oxygens (including phenoxy) is 1. The smallest absolute Gasteiger partial charge is 0.119 e. The van der Waals surface area contributed by atoms with Crippen molar-refractivity contribution < 1.29 is 9.84 Å². The predicted octanol–water partition coefficient (Wildman–Crippen LogP) is 3.36. The molecule has 0 spiro atoms. The standard InChI is InChI=1S/C16H19NO2/c1-12(14-6-4-8-16(10-14)19-2)17-15-7-3-5-13(9-15)11-18/h3-10,12,17-18H,11H2,1-2H3. The molecule has 2 N–H and O–H groups in total. The number of methoxy groups -OCH3 is 1. The van der Waals surface area contributed by atoms with E-state index in [4.69, 9.17) is 9.84 Å². The molecule has 0 aliphatic rings. The molecule has 1 atom stereocenters. The van der Waals surface area contributed by atoms with Crippen LogP contribution < -0.4 is 10.1 Å². The van der Waals surface area contributed by atoms with Gasteiger partial charge < -0.3 is 15.2 Å². The highest BCUT2D eigenvalue weighted by molar-refractivity contribution is 5.48. The van der Waals surface area contributed by atoms with Gasteiger partial charge in [0.2, 0.25) is 0 Å².